The van der Waals surface area contributed by atoms with Crippen molar-refractivity contribution in [3.8, 4) is 45.3 Å². The maximum atomic E-state index is 6.32. The maximum Gasteiger partial charge on any atom is 0.230 e. The van der Waals surface area contributed by atoms with Gasteiger partial charge in [-0.25, -0.2) is 0 Å². The summed E-state index contributed by atoms with van der Waals surface area (Å²) in [6, 6.07) is 30.3. The first-order valence-electron chi connectivity index (χ1n) is 11.9. The van der Waals surface area contributed by atoms with Crippen molar-refractivity contribution in [3.05, 3.63) is 96.6 Å². The van der Waals surface area contributed by atoms with Gasteiger partial charge in [-0.05, 0) is 65.4 Å². The number of para-hydroxylation sites is 1. The fourth-order valence-corrected chi connectivity index (χ4v) is 4.01. The highest BCUT2D eigenvalue weighted by Crippen LogP contribution is 2.40. The molecule has 0 heterocycles. The Morgan fingerprint density at radius 3 is 1.69 bits per heavy atom. The van der Waals surface area contributed by atoms with Gasteiger partial charge in [-0.3, -0.25) is 0 Å². The van der Waals surface area contributed by atoms with Gasteiger partial charge >= 0.3 is 0 Å². The van der Waals surface area contributed by atoms with Crippen LogP contribution in [0.25, 0.3) is 22.3 Å². The van der Waals surface area contributed by atoms with Crippen molar-refractivity contribution in [2.45, 2.75) is 26.2 Å². The van der Waals surface area contributed by atoms with Gasteiger partial charge in [0.15, 0.2) is 0 Å². The van der Waals surface area contributed by atoms with Crippen LogP contribution in [0.2, 0.25) is 0 Å². The van der Waals surface area contributed by atoms with E-state index in [2.05, 4.69) is 50.2 Å². The van der Waals surface area contributed by atoms with Crippen LogP contribution in [-0.4, -0.2) is 21.0 Å². The van der Waals surface area contributed by atoms with Gasteiger partial charge in [-0.1, -0.05) is 68.4 Å². The summed E-state index contributed by atoms with van der Waals surface area (Å²) in [7, 11) is 3.34. The van der Waals surface area contributed by atoms with Crippen molar-refractivity contribution in [2.24, 2.45) is 0 Å². The molecule has 180 valence electrons. The highest BCUT2D eigenvalue weighted by molar-refractivity contribution is 5.83. The second kappa shape index (κ2) is 11.5. The lowest BCUT2D eigenvalue weighted by molar-refractivity contribution is 0.121. The first-order chi connectivity index (χ1) is 17.1. The largest absolute Gasteiger partial charge is 0.497 e. The van der Waals surface area contributed by atoms with E-state index in [0.29, 0.717) is 5.92 Å². The Hall–Kier alpha value is -3.92. The second-order valence-electron chi connectivity index (χ2n) is 8.43. The molecule has 4 aromatic carbocycles. The summed E-state index contributed by atoms with van der Waals surface area (Å²) in [4.78, 5) is 0. The maximum absolute atomic E-state index is 6.32. The Labute approximate surface area is 208 Å². The van der Waals surface area contributed by atoms with Crippen LogP contribution in [0.5, 0.6) is 23.0 Å². The molecule has 0 aliphatic carbocycles. The van der Waals surface area contributed by atoms with Crippen LogP contribution in [0.15, 0.2) is 91.0 Å². The third-order valence-corrected chi connectivity index (χ3v) is 6.27. The van der Waals surface area contributed by atoms with Gasteiger partial charge in [0.25, 0.3) is 0 Å². The van der Waals surface area contributed by atoms with Crippen LogP contribution >= 0.6 is 0 Å². The van der Waals surface area contributed by atoms with Crippen molar-refractivity contribution in [2.75, 3.05) is 21.0 Å². The monoisotopic (exact) mass is 468 g/mol. The molecule has 4 aromatic rings. The lowest BCUT2D eigenvalue weighted by Gasteiger charge is -2.18. The van der Waals surface area contributed by atoms with E-state index >= 15 is 0 Å². The van der Waals surface area contributed by atoms with E-state index in [1.54, 1.807) is 14.2 Å². The van der Waals surface area contributed by atoms with E-state index in [1.165, 1.54) is 5.56 Å². The SMILES string of the molecule is CCC(C)c1ccc(OCOc2c(-c3cccc(OC)c3)cccc2-c2cccc(OC)c2)cc1. The molecule has 1 unspecified atom stereocenters. The van der Waals surface area contributed by atoms with E-state index < -0.39 is 0 Å². The minimum Gasteiger partial charge on any atom is -0.497 e. The molecule has 0 radical (unpaired) electrons. The zero-order valence-electron chi connectivity index (χ0n) is 20.8. The Kier molecular flexibility index (Phi) is 7.94. The molecule has 4 rings (SSSR count). The molecule has 0 aliphatic heterocycles. The van der Waals surface area contributed by atoms with Gasteiger partial charge in [0, 0.05) is 11.1 Å². The fraction of sp³-hybridized carbons (Fsp3) is 0.226. The van der Waals surface area contributed by atoms with Gasteiger partial charge in [0.05, 0.1) is 14.2 Å². The first kappa shape index (κ1) is 24.2. The molecule has 0 aromatic heterocycles. The Morgan fingerprint density at radius 1 is 0.629 bits per heavy atom. The molecule has 0 N–H and O–H groups in total. The molecule has 0 saturated heterocycles. The fourth-order valence-electron chi connectivity index (χ4n) is 4.01. The zero-order chi connectivity index (χ0) is 24.6. The van der Waals surface area contributed by atoms with E-state index in [1.807, 2.05) is 54.6 Å². The molecule has 35 heavy (non-hydrogen) atoms. The van der Waals surface area contributed by atoms with Gasteiger partial charge in [-0.2, -0.15) is 0 Å². The molecular formula is C31H32O4. The third-order valence-electron chi connectivity index (χ3n) is 6.27. The minimum absolute atomic E-state index is 0.0840. The van der Waals surface area contributed by atoms with Gasteiger partial charge in [-0.15, -0.1) is 0 Å². The lowest BCUT2D eigenvalue weighted by Crippen LogP contribution is -2.07. The zero-order valence-corrected chi connectivity index (χ0v) is 20.8. The predicted molar refractivity (Wildman–Crippen MR) is 142 cm³/mol. The first-order valence-corrected chi connectivity index (χ1v) is 11.9. The van der Waals surface area contributed by atoms with E-state index in [4.69, 9.17) is 18.9 Å². The molecule has 0 amide bonds. The lowest BCUT2D eigenvalue weighted by atomic mass is 9.97. The summed E-state index contributed by atoms with van der Waals surface area (Å²) in [5, 5.41) is 0. The van der Waals surface area contributed by atoms with Crippen molar-refractivity contribution in [1.29, 1.82) is 0 Å². The quantitative estimate of drug-likeness (QED) is 0.221. The number of benzene rings is 4. The molecule has 4 nitrogen and oxygen atoms in total. The minimum atomic E-state index is 0.0840. The summed E-state index contributed by atoms with van der Waals surface area (Å²) >= 11 is 0. The molecule has 0 bridgehead atoms. The summed E-state index contributed by atoms with van der Waals surface area (Å²) < 4.78 is 23.2. The molecule has 1 atom stereocenters. The van der Waals surface area contributed by atoms with Crippen molar-refractivity contribution >= 4 is 0 Å². The molecule has 0 saturated carbocycles. The van der Waals surface area contributed by atoms with E-state index in [9.17, 15) is 0 Å². The van der Waals surface area contributed by atoms with Crippen LogP contribution in [-0.2, 0) is 0 Å². The highest BCUT2D eigenvalue weighted by Gasteiger charge is 2.15. The molecule has 0 spiro atoms. The highest BCUT2D eigenvalue weighted by atomic mass is 16.7. The molecular weight excluding hydrogens is 436 g/mol. The second-order valence-corrected chi connectivity index (χ2v) is 8.43. The van der Waals surface area contributed by atoms with Crippen molar-refractivity contribution < 1.29 is 18.9 Å². The summed E-state index contributed by atoms with van der Waals surface area (Å²) in [5.74, 6) is 3.63. The van der Waals surface area contributed by atoms with Crippen LogP contribution < -0.4 is 18.9 Å². The summed E-state index contributed by atoms with van der Waals surface area (Å²) in [5.41, 5.74) is 5.23. The van der Waals surface area contributed by atoms with Crippen LogP contribution in [0.3, 0.4) is 0 Å². The summed E-state index contributed by atoms with van der Waals surface area (Å²) in [6.07, 6.45) is 1.11. The molecule has 0 fully saturated rings. The van der Waals surface area contributed by atoms with Gasteiger partial charge < -0.3 is 18.9 Å². The average molecular weight is 469 g/mol. The summed E-state index contributed by atoms with van der Waals surface area (Å²) in [6.45, 7) is 4.51. The van der Waals surface area contributed by atoms with E-state index in [0.717, 1.165) is 51.7 Å². The number of rotatable bonds is 10. The normalized spacial score (nSPS) is 11.5. The molecule has 4 heteroatoms. The van der Waals surface area contributed by atoms with E-state index in [-0.39, 0.29) is 6.79 Å². The number of hydrogen-bond donors (Lipinski definition) is 0. The van der Waals surface area contributed by atoms with Gasteiger partial charge in [0.2, 0.25) is 6.79 Å². The third kappa shape index (κ3) is 5.78. The number of ether oxygens (including phenoxy) is 4. The van der Waals surface area contributed by atoms with Gasteiger partial charge in [0.1, 0.15) is 23.0 Å². The Bertz CT molecular complexity index is 1180. The van der Waals surface area contributed by atoms with Crippen LogP contribution in [0.4, 0.5) is 0 Å². The number of hydrogen-bond acceptors (Lipinski definition) is 4. The molecule has 0 aliphatic rings. The topological polar surface area (TPSA) is 36.9 Å². The average Bonchev–Trinajstić information content (AvgIpc) is 2.93. The van der Waals surface area contributed by atoms with Crippen molar-refractivity contribution in [1.82, 2.24) is 0 Å². The Morgan fingerprint density at radius 2 is 1.17 bits per heavy atom. The van der Waals surface area contributed by atoms with Crippen molar-refractivity contribution in [3.63, 3.8) is 0 Å². The van der Waals surface area contributed by atoms with Crippen LogP contribution in [0.1, 0.15) is 31.7 Å². The standard InChI is InChI=1S/C31H32O4/c1-5-22(2)23-15-17-26(18-16-23)34-21-35-31-29(24-9-6-11-27(19-24)32-3)13-8-14-30(31)25-10-7-12-28(20-25)33-4/h6-20,22H,5,21H2,1-4H3. The predicted octanol–water partition coefficient (Wildman–Crippen LogP) is 7.97. The Balaban J connectivity index is 1.66. The smallest absolute Gasteiger partial charge is 0.230 e. The number of methoxy groups -OCH3 is 2. The van der Waals surface area contributed by atoms with Crippen LogP contribution in [0, 0.1) is 0 Å².